The van der Waals surface area contributed by atoms with Crippen LogP contribution in [-0.4, -0.2) is 64.0 Å². The van der Waals surface area contributed by atoms with Gasteiger partial charge in [0.25, 0.3) is 0 Å². The molecule has 0 aromatic heterocycles. The maximum Gasteiger partial charge on any atom is 0.137 e. The van der Waals surface area contributed by atoms with Crippen molar-refractivity contribution in [2.75, 3.05) is 26.4 Å². The Balaban J connectivity index is 2.36. The zero-order valence-electron chi connectivity index (χ0n) is 17.5. The SMILES string of the molecule is CCOC(OCC)[Si]CCCNC1CC(C)(C)N(OCC)C(C)(C)C1. The number of ether oxygens (including phenoxy) is 2. The fraction of sp³-hybridized carbons (Fsp3) is 1.00. The molecule has 0 spiro atoms. The highest BCUT2D eigenvalue weighted by atomic mass is 28.2. The number of nitrogens with one attached hydrogen (secondary N) is 1. The van der Waals surface area contributed by atoms with Crippen LogP contribution < -0.4 is 5.32 Å². The van der Waals surface area contributed by atoms with Gasteiger partial charge in [-0.1, -0.05) is 6.04 Å². The quantitative estimate of drug-likeness (QED) is 0.323. The normalized spacial score (nSPS) is 21.1. The van der Waals surface area contributed by atoms with Crippen LogP contribution in [0, 0.1) is 0 Å². The lowest BCUT2D eigenvalue weighted by molar-refractivity contribution is -0.281. The molecule has 1 aliphatic heterocycles. The molecule has 148 valence electrons. The molecule has 0 bridgehead atoms. The number of hydroxylamine groups is 2. The van der Waals surface area contributed by atoms with Gasteiger partial charge in [0, 0.05) is 30.3 Å². The Bertz CT molecular complexity index is 343. The summed E-state index contributed by atoms with van der Waals surface area (Å²) in [6.45, 7) is 18.5. The highest BCUT2D eigenvalue weighted by Crippen LogP contribution is 2.38. The van der Waals surface area contributed by atoms with Crippen LogP contribution in [0.2, 0.25) is 6.04 Å². The van der Waals surface area contributed by atoms with Crippen molar-refractivity contribution < 1.29 is 14.3 Å². The minimum Gasteiger partial charge on any atom is -0.357 e. The molecule has 5 nitrogen and oxygen atoms in total. The number of piperidine rings is 1. The maximum absolute atomic E-state index is 5.96. The molecule has 25 heavy (non-hydrogen) atoms. The van der Waals surface area contributed by atoms with Crippen molar-refractivity contribution in [2.24, 2.45) is 0 Å². The zero-order valence-corrected chi connectivity index (χ0v) is 18.5. The molecule has 1 saturated heterocycles. The van der Waals surface area contributed by atoms with E-state index in [2.05, 4.69) is 45.0 Å². The molecular weight excluding hydrogens is 332 g/mol. The molecule has 1 fully saturated rings. The van der Waals surface area contributed by atoms with E-state index in [1.54, 1.807) is 0 Å². The number of nitrogens with zero attached hydrogens (tertiary/aromatic N) is 1. The van der Waals surface area contributed by atoms with E-state index in [-0.39, 0.29) is 17.0 Å². The zero-order chi connectivity index (χ0) is 18.9. The van der Waals surface area contributed by atoms with Crippen LogP contribution in [0.4, 0.5) is 0 Å². The first kappa shape index (κ1) is 23.1. The molecule has 0 unspecified atom stereocenters. The van der Waals surface area contributed by atoms with E-state index >= 15 is 0 Å². The maximum atomic E-state index is 5.96. The van der Waals surface area contributed by atoms with Gasteiger partial charge >= 0.3 is 0 Å². The Morgan fingerprint density at radius 3 is 2.04 bits per heavy atom. The second-order valence-corrected chi connectivity index (χ2v) is 9.33. The summed E-state index contributed by atoms with van der Waals surface area (Å²) in [6, 6.07) is 1.70. The van der Waals surface area contributed by atoms with Gasteiger partial charge in [0.05, 0.1) is 6.61 Å². The van der Waals surface area contributed by atoms with E-state index < -0.39 is 0 Å². The Morgan fingerprint density at radius 1 is 1.00 bits per heavy atom. The van der Waals surface area contributed by atoms with Crippen LogP contribution in [-0.2, 0) is 14.3 Å². The van der Waals surface area contributed by atoms with E-state index in [4.69, 9.17) is 14.3 Å². The van der Waals surface area contributed by atoms with Crippen LogP contribution in [0.15, 0.2) is 0 Å². The van der Waals surface area contributed by atoms with Gasteiger partial charge in [-0.15, -0.1) is 0 Å². The van der Waals surface area contributed by atoms with Gasteiger partial charge in [-0.3, -0.25) is 4.84 Å². The van der Waals surface area contributed by atoms with Crippen LogP contribution >= 0.6 is 0 Å². The molecule has 1 heterocycles. The van der Waals surface area contributed by atoms with Gasteiger partial charge in [-0.25, -0.2) is 0 Å². The molecule has 0 aromatic carbocycles. The predicted molar refractivity (Wildman–Crippen MR) is 105 cm³/mol. The number of rotatable bonds is 12. The summed E-state index contributed by atoms with van der Waals surface area (Å²) in [5.41, 5.74) is 0.0956. The first-order valence-electron chi connectivity index (χ1n) is 9.90. The third-order valence-corrected chi connectivity index (χ3v) is 5.89. The molecule has 1 N–H and O–H groups in total. The lowest BCUT2D eigenvalue weighted by Crippen LogP contribution is -2.63. The Labute approximate surface area is 157 Å². The van der Waals surface area contributed by atoms with Gasteiger partial charge in [0.1, 0.15) is 15.4 Å². The van der Waals surface area contributed by atoms with Crippen LogP contribution in [0.25, 0.3) is 0 Å². The standard InChI is InChI=1S/C19H40N2O3Si/c1-8-22-17(23-9-2)25-13-11-12-20-16-14-18(4,5)21(24-10-3)19(6,7)15-16/h16-17,20H,8-15H2,1-7H3. The average Bonchev–Trinajstić information content (AvgIpc) is 2.50. The lowest BCUT2D eigenvalue weighted by atomic mass is 9.79. The van der Waals surface area contributed by atoms with Crippen molar-refractivity contribution >= 4 is 9.52 Å². The topological polar surface area (TPSA) is 43.0 Å². The molecule has 2 radical (unpaired) electrons. The fourth-order valence-corrected chi connectivity index (χ4v) is 5.16. The summed E-state index contributed by atoms with van der Waals surface area (Å²) in [4.78, 5) is 5.96. The van der Waals surface area contributed by atoms with Crippen LogP contribution in [0.1, 0.15) is 67.7 Å². The summed E-state index contributed by atoms with van der Waals surface area (Å²) >= 11 is 0. The Hall–Kier alpha value is 0.0169. The first-order chi connectivity index (χ1) is 11.8. The molecule has 1 rings (SSSR count). The second kappa shape index (κ2) is 11.0. The highest BCUT2D eigenvalue weighted by Gasteiger charge is 2.46. The summed E-state index contributed by atoms with van der Waals surface area (Å²) in [5, 5.41) is 5.99. The fourth-order valence-electron chi connectivity index (χ4n) is 3.97. The summed E-state index contributed by atoms with van der Waals surface area (Å²) in [6.07, 6.45) is 3.39. The van der Waals surface area contributed by atoms with E-state index in [0.29, 0.717) is 15.6 Å². The van der Waals surface area contributed by atoms with Gasteiger partial charge in [-0.2, -0.15) is 5.06 Å². The monoisotopic (exact) mass is 372 g/mol. The Kier molecular flexibility index (Phi) is 10.1. The second-order valence-electron chi connectivity index (χ2n) is 7.95. The van der Waals surface area contributed by atoms with Crippen molar-refractivity contribution in [3.8, 4) is 0 Å². The van der Waals surface area contributed by atoms with E-state index in [9.17, 15) is 0 Å². The van der Waals surface area contributed by atoms with Gasteiger partial charge in [-0.05, 0) is 74.3 Å². The largest absolute Gasteiger partial charge is 0.357 e. The summed E-state index contributed by atoms with van der Waals surface area (Å²) in [5.74, 6) is -0.0118. The first-order valence-corrected chi connectivity index (χ1v) is 11.2. The number of hydrogen-bond donors (Lipinski definition) is 1. The molecule has 6 heteroatoms. The molecule has 1 aliphatic rings. The molecular formula is C19H40N2O3Si. The smallest absolute Gasteiger partial charge is 0.137 e. The highest BCUT2D eigenvalue weighted by molar-refractivity contribution is 6.36. The van der Waals surface area contributed by atoms with Crippen LogP contribution in [0.5, 0.6) is 0 Å². The van der Waals surface area contributed by atoms with Crippen molar-refractivity contribution in [1.29, 1.82) is 0 Å². The molecule has 0 aliphatic carbocycles. The molecule has 0 amide bonds. The van der Waals surface area contributed by atoms with Crippen LogP contribution in [0.3, 0.4) is 0 Å². The third kappa shape index (κ3) is 7.65. The lowest BCUT2D eigenvalue weighted by Gasteiger charge is -2.54. The summed E-state index contributed by atoms with van der Waals surface area (Å²) in [7, 11) is 0.717. The minimum absolute atomic E-state index is 0.0118. The molecule has 0 aromatic rings. The predicted octanol–water partition coefficient (Wildman–Crippen LogP) is 3.42. The van der Waals surface area contributed by atoms with E-state index in [1.807, 2.05) is 13.8 Å². The van der Waals surface area contributed by atoms with Crippen molar-refractivity contribution in [3.63, 3.8) is 0 Å². The molecule has 0 saturated carbocycles. The van der Waals surface area contributed by atoms with E-state index in [0.717, 1.165) is 45.3 Å². The third-order valence-electron chi connectivity index (χ3n) is 4.58. The van der Waals surface area contributed by atoms with Gasteiger partial charge in [0.2, 0.25) is 0 Å². The van der Waals surface area contributed by atoms with Crippen molar-refractivity contribution in [1.82, 2.24) is 10.4 Å². The van der Waals surface area contributed by atoms with Gasteiger partial charge < -0.3 is 14.8 Å². The molecule has 0 atom stereocenters. The van der Waals surface area contributed by atoms with Crippen molar-refractivity contribution in [3.05, 3.63) is 0 Å². The summed E-state index contributed by atoms with van der Waals surface area (Å²) < 4.78 is 11.2. The minimum atomic E-state index is -0.0118. The Morgan fingerprint density at radius 2 is 1.56 bits per heavy atom. The number of hydrogen-bond acceptors (Lipinski definition) is 5. The average molecular weight is 373 g/mol. The van der Waals surface area contributed by atoms with Gasteiger partial charge in [0.15, 0.2) is 0 Å². The van der Waals surface area contributed by atoms with E-state index in [1.165, 1.54) is 6.42 Å². The van der Waals surface area contributed by atoms with Crippen molar-refractivity contribution in [2.45, 2.75) is 96.8 Å².